The summed E-state index contributed by atoms with van der Waals surface area (Å²) in [4.78, 5) is 23.4. The van der Waals surface area contributed by atoms with Gasteiger partial charge in [0.1, 0.15) is 6.10 Å². The predicted octanol–water partition coefficient (Wildman–Crippen LogP) is 0.487. The summed E-state index contributed by atoms with van der Waals surface area (Å²) in [5.74, 6) is -0.469. The molecule has 0 aromatic rings. The first kappa shape index (κ1) is 12.8. The summed E-state index contributed by atoms with van der Waals surface area (Å²) in [6.45, 7) is 3.08. The second kappa shape index (κ2) is 5.16. The molecule has 0 radical (unpaired) electrons. The van der Waals surface area contributed by atoms with Crippen molar-refractivity contribution >= 4 is 12.1 Å². The Hall–Kier alpha value is -1.30. The maximum atomic E-state index is 11.4. The van der Waals surface area contributed by atoms with Crippen molar-refractivity contribution in [3.63, 3.8) is 0 Å². The fourth-order valence-electron chi connectivity index (χ4n) is 1.86. The van der Waals surface area contributed by atoms with Gasteiger partial charge in [0.2, 0.25) is 0 Å². The minimum absolute atomic E-state index is 0.130. The smallest absolute Gasteiger partial charge is 0.411 e. The van der Waals surface area contributed by atoms with Crippen LogP contribution in [0.15, 0.2) is 0 Å². The van der Waals surface area contributed by atoms with E-state index in [1.807, 2.05) is 6.92 Å². The maximum Gasteiger partial charge on any atom is 0.411 e. The van der Waals surface area contributed by atoms with Crippen molar-refractivity contribution < 1.29 is 24.2 Å². The number of amides is 1. The van der Waals surface area contributed by atoms with E-state index in [0.717, 1.165) is 0 Å². The number of carbonyl (C=O) groups is 2. The Balaban J connectivity index is 2.74. The number of piperidine rings is 1. The second-order valence-corrected chi connectivity index (χ2v) is 3.87. The van der Waals surface area contributed by atoms with Crippen molar-refractivity contribution in [2.24, 2.45) is 0 Å². The zero-order valence-electron chi connectivity index (χ0n) is 9.67. The standard InChI is InChI=1S/C10H17NO5/c1-6-4-5-8(16-7(2)12)9(13)11(6)10(14)15-3/h6,8-9,13H,4-5H2,1-3H3. The van der Waals surface area contributed by atoms with Crippen LogP contribution in [0.2, 0.25) is 0 Å². The molecule has 1 N–H and O–H groups in total. The average molecular weight is 231 g/mol. The molecule has 92 valence electrons. The minimum Gasteiger partial charge on any atom is -0.458 e. The number of hydrogen-bond acceptors (Lipinski definition) is 5. The van der Waals surface area contributed by atoms with E-state index >= 15 is 0 Å². The number of carbonyl (C=O) groups excluding carboxylic acids is 2. The molecule has 0 bridgehead atoms. The van der Waals surface area contributed by atoms with Gasteiger partial charge in [-0.25, -0.2) is 4.79 Å². The Morgan fingerprint density at radius 2 is 2.00 bits per heavy atom. The van der Waals surface area contributed by atoms with E-state index < -0.39 is 24.4 Å². The highest BCUT2D eigenvalue weighted by molar-refractivity contribution is 5.69. The number of likely N-dealkylation sites (tertiary alicyclic amines) is 1. The largest absolute Gasteiger partial charge is 0.458 e. The zero-order chi connectivity index (χ0) is 12.3. The lowest BCUT2D eigenvalue weighted by atomic mass is 10.00. The van der Waals surface area contributed by atoms with Crippen LogP contribution >= 0.6 is 0 Å². The molecule has 0 saturated carbocycles. The van der Waals surface area contributed by atoms with Crippen LogP contribution in [-0.4, -0.2) is 47.6 Å². The van der Waals surface area contributed by atoms with Crippen molar-refractivity contribution in [1.29, 1.82) is 0 Å². The predicted molar refractivity (Wildman–Crippen MR) is 54.5 cm³/mol. The van der Waals surface area contributed by atoms with Gasteiger partial charge in [0, 0.05) is 13.0 Å². The monoisotopic (exact) mass is 231 g/mol. The van der Waals surface area contributed by atoms with Crippen LogP contribution in [0.3, 0.4) is 0 Å². The summed E-state index contributed by atoms with van der Waals surface area (Å²) in [5.41, 5.74) is 0. The van der Waals surface area contributed by atoms with Gasteiger partial charge in [0.05, 0.1) is 7.11 Å². The van der Waals surface area contributed by atoms with Gasteiger partial charge in [-0.1, -0.05) is 0 Å². The number of rotatable bonds is 1. The van der Waals surface area contributed by atoms with Gasteiger partial charge in [-0.2, -0.15) is 0 Å². The van der Waals surface area contributed by atoms with Gasteiger partial charge < -0.3 is 14.6 Å². The van der Waals surface area contributed by atoms with Crippen molar-refractivity contribution in [3.05, 3.63) is 0 Å². The summed E-state index contributed by atoms with van der Waals surface area (Å²) in [7, 11) is 1.25. The highest BCUT2D eigenvalue weighted by atomic mass is 16.6. The fraction of sp³-hybridized carbons (Fsp3) is 0.800. The van der Waals surface area contributed by atoms with Crippen LogP contribution < -0.4 is 0 Å². The molecule has 0 aromatic carbocycles. The van der Waals surface area contributed by atoms with Crippen LogP contribution in [0.5, 0.6) is 0 Å². The molecule has 1 amide bonds. The third-order valence-corrected chi connectivity index (χ3v) is 2.66. The van der Waals surface area contributed by atoms with E-state index in [0.29, 0.717) is 12.8 Å². The van der Waals surface area contributed by atoms with Crippen molar-refractivity contribution in [2.45, 2.75) is 45.1 Å². The minimum atomic E-state index is -1.14. The average Bonchev–Trinajstić information content (AvgIpc) is 2.21. The topological polar surface area (TPSA) is 76.1 Å². The number of esters is 1. The van der Waals surface area contributed by atoms with E-state index in [2.05, 4.69) is 4.74 Å². The van der Waals surface area contributed by atoms with E-state index in [-0.39, 0.29) is 6.04 Å². The summed E-state index contributed by atoms with van der Waals surface area (Å²) >= 11 is 0. The summed E-state index contributed by atoms with van der Waals surface area (Å²) < 4.78 is 9.51. The van der Waals surface area contributed by atoms with Gasteiger partial charge >= 0.3 is 12.1 Å². The van der Waals surface area contributed by atoms with Gasteiger partial charge in [-0.3, -0.25) is 9.69 Å². The number of aliphatic hydroxyl groups excluding tert-OH is 1. The Labute approximate surface area is 94.1 Å². The molecule has 16 heavy (non-hydrogen) atoms. The normalized spacial score (nSPS) is 29.8. The highest BCUT2D eigenvalue weighted by Crippen LogP contribution is 2.24. The molecule has 1 rings (SSSR count). The van der Waals surface area contributed by atoms with Crippen molar-refractivity contribution in [2.75, 3.05) is 7.11 Å². The van der Waals surface area contributed by atoms with E-state index in [1.165, 1.54) is 18.9 Å². The Bertz CT molecular complexity index is 280. The molecule has 0 aromatic heterocycles. The molecule has 0 aliphatic carbocycles. The van der Waals surface area contributed by atoms with Gasteiger partial charge in [0.15, 0.2) is 6.23 Å². The van der Waals surface area contributed by atoms with Crippen LogP contribution in [0.1, 0.15) is 26.7 Å². The molecule has 1 aliphatic heterocycles. The Kier molecular flexibility index (Phi) is 4.12. The van der Waals surface area contributed by atoms with Crippen molar-refractivity contribution in [3.8, 4) is 0 Å². The molecule has 3 unspecified atom stereocenters. The van der Waals surface area contributed by atoms with Crippen LogP contribution in [0.25, 0.3) is 0 Å². The molecule has 6 nitrogen and oxygen atoms in total. The quantitative estimate of drug-likeness (QED) is 0.664. The van der Waals surface area contributed by atoms with E-state index in [1.54, 1.807) is 0 Å². The first-order valence-corrected chi connectivity index (χ1v) is 5.19. The first-order valence-electron chi connectivity index (χ1n) is 5.19. The number of ether oxygens (including phenoxy) is 2. The summed E-state index contributed by atoms with van der Waals surface area (Å²) in [6, 6.07) is -0.130. The Morgan fingerprint density at radius 3 is 2.50 bits per heavy atom. The third kappa shape index (κ3) is 2.63. The second-order valence-electron chi connectivity index (χ2n) is 3.87. The molecule has 1 heterocycles. The third-order valence-electron chi connectivity index (χ3n) is 2.66. The van der Waals surface area contributed by atoms with E-state index in [4.69, 9.17) is 4.74 Å². The highest BCUT2D eigenvalue weighted by Gasteiger charge is 2.39. The summed E-state index contributed by atoms with van der Waals surface area (Å²) in [5, 5.41) is 9.90. The SMILES string of the molecule is COC(=O)N1C(C)CCC(OC(C)=O)C1O. The number of hydrogen-bond donors (Lipinski definition) is 1. The summed E-state index contributed by atoms with van der Waals surface area (Å²) in [6.07, 6.45) is -1.23. The van der Waals surface area contributed by atoms with Crippen LogP contribution in [0.4, 0.5) is 4.79 Å². The number of nitrogens with zero attached hydrogens (tertiary/aromatic N) is 1. The lowest BCUT2D eigenvalue weighted by Gasteiger charge is -2.40. The van der Waals surface area contributed by atoms with Crippen LogP contribution in [-0.2, 0) is 14.3 Å². The Morgan fingerprint density at radius 1 is 1.38 bits per heavy atom. The number of aliphatic hydroxyl groups is 1. The molecule has 6 heteroatoms. The maximum absolute atomic E-state index is 11.4. The molecule has 3 atom stereocenters. The molecule has 1 aliphatic rings. The van der Waals surface area contributed by atoms with Crippen molar-refractivity contribution in [1.82, 2.24) is 4.90 Å². The molecule has 1 fully saturated rings. The lowest BCUT2D eigenvalue weighted by molar-refractivity contribution is -0.170. The lowest BCUT2D eigenvalue weighted by Crippen LogP contribution is -2.56. The molecular weight excluding hydrogens is 214 g/mol. The molecule has 0 spiro atoms. The molecular formula is C10H17NO5. The fourth-order valence-corrected chi connectivity index (χ4v) is 1.86. The van der Waals surface area contributed by atoms with Gasteiger partial charge in [-0.15, -0.1) is 0 Å². The van der Waals surface area contributed by atoms with Crippen LogP contribution in [0, 0.1) is 0 Å². The number of methoxy groups -OCH3 is 1. The molecule has 1 saturated heterocycles. The first-order chi connectivity index (χ1) is 7.47. The zero-order valence-corrected chi connectivity index (χ0v) is 9.67. The van der Waals surface area contributed by atoms with Gasteiger partial charge in [0.25, 0.3) is 0 Å². The van der Waals surface area contributed by atoms with Gasteiger partial charge in [-0.05, 0) is 19.8 Å². The van der Waals surface area contributed by atoms with E-state index in [9.17, 15) is 14.7 Å².